The molecular weight excluding hydrogens is 296 g/mol. The summed E-state index contributed by atoms with van der Waals surface area (Å²) >= 11 is 0. The number of aryl methyl sites for hydroxylation is 1. The minimum Gasteiger partial charge on any atom is -0.459 e. The van der Waals surface area contributed by atoms with Crippen molar-refractivity contribution < 1.29 is 9.21 Å². The van der Waals surface area contributed by atoms with Gasteiger partial charge < -0.3 is 9.32 Å². The molecule has 1 fully saturated rings. The lowest BCUT2D eigenvalue weighted by molar-refractivity contribution is 0.0670. The van der Waals surface area contributed by atoms with Gasteiger partial charge in [-0.25, -0.2) is 9.48 Å². The minimum atomic E-state index is -0.107. The van der Waals surface area contributed by atoms with Gasteiger partial charge in [0.05, 0.1) is 6.26 Å². The van der Waals surface area contributed by atoms with Crippen molar-refractivity contribution >= 4 is 5.91 Å². The zero-order valence-corrected chi connectivity index (χ0v) is 13.7. The van der Waals surface area contributed by atoms with E-state index < -0.39 is 0 Å². The minimum absolute atomic E-state index is 0.0438. The predicted octanol–water partition coefficient (Wildman–Crippen LogP) is 1.78. The summed E-state index contributed by atoms with van der Waals surface area (Å²) < 4.78 is 8.31. The molecule has 1 unspecified atom stereocenters. The smallest absolute Gasteiger partial charge is 0.345 e. The van der Waals surface area contributed by atoms with Gasteiger partial charge in [0.25, 0.3) is 5.91 Å². The molecule has 1 aliphatic heterocycles. The fraction of sp³-hybridized carbons (Fsp3) is 0.562. The molecule has 23 heavy (non-hydrogen) atoms. The highest BCUT2D eigenvalue weighted by Crippen LogP contribution is 2.27. The van der Waals surface area contributed by atoms with E-state index in [4.69, 9.17) is 4.42 Å². The van der Waals surface area contributed by atoms with Gasteiger partial charge in [0.1, 0.15) is 5.82 Å². The lowest BCUT2D eigenvalue weighted by Gasteiger charge is -2.32. The van der Waals surface area contributed by atoms with Crippen LogP contribution >= 0.6 is 0 Å². The Balaban J connectivity index is 1.86. The van der Waals surface area contributed by atoms with Gasteiger partial charge in [0.15, 0.2) is 5.76 Å². The zero-order valence-electron chi connectivity index (χ0n) is 13.7. The number of likely N-dealkylation sites (tertiary alicyclic amines) is 1. The number of carbonyl (C=O) groups is 1. The number of nitrogens with zero attached hydrogens (tertiary/aromatic N) is 4. The van der Waals surface area contributed by atoms with Gasteiger partial charge in [0, 0.05) is 32.1 Å². The summed E-state index contributed by atoms with van der Waals surface area (Å²) in [7, 11) is 1.67. The number of carbonyl (C=O) groups excluding carboxylic acids is 1. The first kappa shape index (κ1) is 15.6. The SMILES string of the molecule is CC(C)n1c(C2CCCN(C(=O)c3ccco3)C2)nn(C)c1=O. The molecule has 0 aromatic carbocycles. The molecule has 2 aromatic heterocycles. The number of rotatable bonds is 3. The molecule has 7 nitrogen and oxygen atoms in total. The van der Waals surface area contributed by atoms with Crippen molar-refractivity contribution in [3.8, 4) is 0 Å². The summed E-state index contributed by atoms with van der Waals surface area (Å²) in [5.74, 6) is 1.09. The maximum atomic E-state index is 12.5. The Kier molecular flexibility index (Phi) is 4.11. The van der Waals surface area contributed by atoms with Crippen molar-refractivity contribution in [1.82, 2.24) is 19.2 Å². The summed E-state index contributed by atoms with van der Waals surface area (Å²) in [4.78, 5) is 26.5. The van der Waals surface area contributed by atoms with E-state index in [0.717, 1.165) is 18.7 Å². The van der Waals surface area contributed by atoms with Crippen molar-refractivity contribution in [3.63, 3.8) is 0 Å². The summed E-state index contributed by atoms with van der Waals surface area (Å²) in [6.45, 7) is 5.21. The van der Waals surface area contributed by atoms with E-state index in [1.807, 2.05) is 13.8 Å². The van der Waals surface area contributed by atoms with Crippen LogP contribution in [0, 0.1) is 0 Å². The van der Waals surface area contributed by atoms with Gasteiger partial charge in [-0.05, 0) is 38.8 Å². The molecule has 3 rings (SSSR count). The molecule has 0 saturated carbocycles. The van der Waals surface area contributed by atoms with Crippen LogP contribution in [0.3, 0.4) is 0 Å². The van der Waals surface area contributed by atoms with Gasteiger partial charge in [-0.3, -0.25) is 9.36 Å². The van der Waals surface area contributed by atoms with Crippen LogP contribution in [0.25, 0.3) is 0 Å². The first-order valence-electron chi connectivity index (χ1n) is 7.97. The summed E-state index contributed by atoms with van der Waals surface area (Å²) in [6.07, 6.45) is 3.31. The van der Waals surface area contributed by atoms with Gasteiger partial charge >= 0.3 is 5.69 Å². The lowest BCUT2D eigenvalue weighted by atomic mass is 9.96. The van der Waals surface area contributed by atoms with Crippen LogP contribution in [0.15, 0.2) is 27.6 Å². The Morgan fingerprint density at radius 2 is 2.22 bits per heavy atom. The van der Waals surface area contributed by atoms with E-state index in [9.17, 15) is 9.59 Å². The van der Waals surface area contributed by atoms with Gasteiger partial charge in [0.2, 0.25) is 0 Å². The Hall–Kier alpha value is -2.31. The fourth-order valence-corrected chi connectivity index (χ4v) is 3.19. The molecule has 1 amide bonds. The fourth-order valence-electron chi connectivity index (χ4n) is 3.19. The Bertz CT molecular complexity index is 742. The summed E-state index contributed by atoms with van der Waals surface area (Å²) in [5, 5.41) is 4.42. The number of hydrogen-bond acceptors (Lipinski definition) is 4. The van der Waals surface area contributed by atoms with Crippen LogP contribution in [-0.2, 0) is 7.05 Å². The predicted molar refractivity (Wildman–Crippen MR) is 84.4 cm³/mol. The maximum Gasteiger partial charge on any atom is 0.345 e. The van der Waals surface area contributed by atoms with Crippen LogP contribution < -0.4 is 5.69 Å². The van der Waals surface area contributed by atoms with Crippen LogP contribution in [0.4, 0.5) is 0 Å². The second-order valence-electron chi connectivity index (χ2n) is 6.30. The van der Waals surface area contributed by atoms with Gasteiger partial charge in [-0.15, -0.1) is 0 Å². The van der Waals surface area contributed by atoms with E-state index in [1.54, 1.807) is 28.6 Å². The molecular formula is C16H22N4O3. The van der Waals surface area contributed by atoms with Crippen molar-refractivity contribution in [1.29, 1.82) is 0 Å². The molecule has 7 heteroatoms. The monoisotopic (exact) mass is 318 g/mol. The second kappa shape index (κ2) is 6.06. The molecule has 0 radical (unpaired) electrons. The average Bonchev–Trinajstić information content (AvgIpc) is 3.16. The first-order valence-corrected chi connectivity index (χ1v) is 7.97. The maximum absolute atomic E-state index is 12.5. The molecule has 124 valence electrons. The Morgan fingerprint density at radius 1 is 1.43 bits per heavy atom. The number of hydrogen-bond donors (Lipinski definition) is 0. The summed E-state index contributed by atoms with van der Waals surface area (Å²) in [5.41, 5.74) is -0.107. The molecule has 3 heterocycles. The number of piperidine rings is 1. The Morgan fingerprint density at radius 3 is 2.87 bits per heavy atom. The van der Waals surface area contributed by atoms with E-state index in [0.29, 0.717) is 18.8 Å². The molecule has 0 N–H and O–H groups in total. The molecule has 2 aromatic rings. The van der Waals surface area contributed by atoms with E-state index in [1.165, 1.54) is 10.9 Å². The quantitative estimate of drug-likeness (QED) is 0.864. The number of furan rings is 1. The van der Waals surface area contributed by atoms with Crippen molar-refractivity contribution in [2.24, 2.45) is 7.05 Å². The molecule has 0 bridgehead atoms. The topological polar surface area (TPSA) is 73.3 Å². The molecule has 1 saturated heterocycles. The molecule has 0 spiro atoms. The first-order chi connectivity index (χ1) is 11.0. The zero-order chi connectivity index (χ0) is 16.6. The van der Waals surface area contributed by atoms with Crippen molar-refractivity contribution in [3.05, 3.63) is 40.5 Å². The van der Waals surface area contributed by atoms with Crippen LogP contribution in [0.2, 0.25) is 0 Å². The van der Waals surface area contributed by atoms with Crippen LogP contribution in [0.1, 0.15) is 55.0 Å². The second-order valence-corrected chi connectivity index (χ2v) is 6.30. The van der Waals surface area contributed by atoms with Gasteiger partial charge in [-0.1, -0.05) is 0 Å². The average molecular weight is 318 g/mol. The highest BCUT2D eigenvalue weighted by atomic mass is 16.3. The molecule has 1 atom stereocenters. The highest BCUT2D eigenvalue weighted by molar-refractivity contribution is 5.91. The third kappa shape index (κ3) is 2.83. The third-order valence-electron chi connectivity index (χ3n) is 4.30. The third-order valence-corrected chi connectivity index (χ3v) is 4.30. The Labute approximate surface area is 134 Å². The molecule has 0 aliphatic carbocycles. The largest absolute Gasteiger partial charge is 0.459 e. The number of amides is 1. The normalized spacial score (nSPS) is 18.6. The standard InChI is InChI=1S/C16H22N4O3/c1-11(2)20-14(17-18(3)16(20)22)12-6-4-8-19(10-12)15(21)13-7-5-9-23-13/h5,7,9,11-12H,4,6,8,10H2,1-3H3. The lowest BCUT2D eigenvalue weighted by Crippen LogP contribution is -2.40. The van der Waals surface area contributed by atoms with Crippen LogP contribution in [-0.4, -0.2) is 38.2 Å². The summed E-state index contributed by atoms with van der Waals surface area (Å²) in [6, 6.07) is 3.43. The highest BCUT2D eigenvalue weighted by Gasteiger charge is 2.30. The van der Waals surface area contributed by atoms with Crippen molar-refractivity contribution in [2.45, 2.75) is 38.6 Å². The van der Waals surface area contributed by atoms with Crippen molar-refractivity contribution in [2.75, 3.05) is 13.1 Å². The van der Waals surface area contributed by atoms with Crippen LogP contribution in [0.5, 0.6) is 0 Å². The van der Waals surface area contributed by atoms with E-state index in [-0.39, 0.29) is 23.6 Å². The van der Waals surface area contributed by atoms with E-state index in [2.05, 4.69) is 5.10 Å². The molecule has 1 aliphatic rings. The number of aromatic nitrogens is 3. The van der Waals surface area contributed by atoms with Gasteiger partial charge in [-0.2, -0.15) is 5.10 Å². The van der Waals surface area contributed by atoms with E-state index >= 15 is 0 Å².